The Morgan fingerprint density at radius 3 is 2.38 bits per heavy atom. The molecule has 0 saturated heterocycles. The largest absolute Gasteiger partial charge is 0.340 e. The third-order valence-corrected chi connectivity index (χ3v) is 5.53. The summed E-state index contributed by atoms with van der Waals surface area (Å²) in [6, 6.07) is 7.24. The number of benzene rings is 1. The number of fused-ring (bicyclic) bond motifs is 1. The fourth-order valence-corrected chi connectivity index (χ4v) is 3.33. The molecule has 1 atom stereocenters. The van der Waals surface area contributed by atoms with Gasteiger partial charge in [-0.05, 0) is 18.1 Å². The number of aromatic nitrogens is 3. The first-order valence-electron chi connectivity index (χ1n) is 7.75. The van der Waals surface area contributed by atoms with Gasteiger partial charge in [0, 0.05) is 0 Å². The molecule has 3 aromatic rings. The molecule has 0 aliphatic heterocycles. The first-order chi connectivity index (χ1) is 12.3. The summed E-state index contributed by atoms with van der Waals surface area (Å²) in [6.07, 6.45) is 0. The molecule has 9 heteroatoms. The number of hydrogen-bond donors (Lipinski definition) is 2. The number of halogens is 4. The molecule has 0 aliphatic rings. The minimum absolute atomic E-state index is 0.00702. The summed E-state index contributed by atoms with van der Waals surface area (Å²) >= 11 is 24.0. The van der Waals surface area contributed by atoms with E-state index in [9.17, 15) is 4.79 Å². The van der Waals surface area contributed by atoms with Crippen LogP contribution in [-0.4, -0.2) is 20.9 Å². The van der Waals surface area contributed by atoms with E-state index in [4.69, 9.17) is 46.4 Å². The maximum absolute atomic E-state index is 12.7. The molecule has 0 saturated carbocycles. The van der Waals surface area contributed by atoms with Gasteiger partial charge in [-0.25, -0.2) is 9.97 Å². The summed E-state index contributed by atoms with van der Waals surface area (Å²) in [5, 5.41) is 2.74. The smallest absolute Gasteiger partial charge is 0.272 e. The van der Waals surface area contributed by atoms with Crippen LogP contribution < -0.4 is 5.32 Å². The number of H-pyrrole nitrogens is 1. The van der Waals surface area contributed by atoms with Crippen molar-refractivity contribution in [1.82, 2.24) is 20.3 Å². The van der Waals surface area contributed by atoms with Gasteiger partial charge in [-0.1, -0.05) is 72.4 Å². The molecule has 1 unspecified atom stereocenters. The lowest BCUT2D eigenvalue weighted by Gasteiger charge is -2.20. The lowest BCUT2D eigenvalue weighted by Crippen LogP contribution is -2.33. The summed E-state index contributed by atoms with van der Waals surface area (Å²) in [7, 11) is 0. The van der Waals surface area contributed by atoms with Gasteiger partial charge in [-0.3, -0.25) is 4.79 Å². The standard InChI is InChI=1S/C17H14Cl4N4O/c1-7(2)13(16-22-8-5-3-4-6-9(8)23-16)25-17(26)14-11(19)10(18)12(20)15(21)24-14/h3-7,13H,1-2H3,(H,22,23)(H,25,26). The highest BCUT2D eigenvalue weighted by molar-refractivity contribution is 6.52. The van der Waals surface area contributed by atoms with E-state index in [-0.39, 0.29) is 37.9 Å². The molecule has 5 nitrogen and oxygen atoms in total. The van der Waals surface area contributed by atoms with Gasteiger partial charge in [0.05, 0.1) is 32.1 Å². The van der Waals surface area contributed by atoms with Crippen molar-refractivity contribution in [3.63, 3.8) is 0 Å². The van der Waals surface area contributed by atoms with Gasteiger partial charge in [0.25, 0.3) is 5.91 Å². The van der Waals surface area contributed by atoms with Crippen molar-refractivity contribution in [2.24, 2.45) is 5.92 Å². The predicted octanol–water partition coefficient (Wildman–Crippen LogP) is 5.70. The molecule has 0 fully saturated rings. The Morgan fingerprint density at radius 2 is 1.73 bits per heavy atom. The van der Waals surface area contributed by atoms with Crippen molar-refractivity contribution in [3.8, 4) is 0 Å². The molecule has 26 heavy (non-hydrogen) atoms. The van der Waals surface area contributed by atoms with E-state index in [2.05, 4.69) is 20.3 Å². The summed E-state index contributed by atoms with van der Waals surface area (Å²) in [4.78, 5) is 24.5. The van der Waals surface area contributed by atoms with Crippen molar-refractivity contribution in [1.29, 1.82) is 0 Å². The van der Waals surface area contributed by atoms with Crippen LogP contribution in [0.15, 0.2) is 24.3 Å². The Balaban J connectivity index is 1.95. The molecular formula is C17H14Cl4N4O. The van der Waals surface area contributed by atoms with E-state index in [0.29, 0.717) is 5.82 Å². The van der Waals surface area contributed by atoms with Crippen molar-refractivity contribution < 1.29 is 4.79 Å². The Bertz CT molecular complexity index is 953. The molecule has 0 bridgehead atoms. The Kier molecular flexibility index (Phi) is 5.63. The molecule has 3 rings (SSSR count). The second kappa shape index (κ2) is 7.61. The van der Waals surface area contributed by atoms with Crippen LogP contribution in [0, 0.1) is 5.92 Å². The highest BCUT2D eigenvalue weighted by atomic mass is 35.5. The number of imidazole rings is 1. The summed E-state index contributed by atoms with van der Waals surface area (Å²) in [5.41, 5.74) is 1.61. The number of pyridine rings is 1. The van der Waals surface area contributed by atoms with Gasteiger partial charge in [0.15, 0.2) is 0 Å². The average Bonchev–Trinajstić information content (AvgIpc) is 3.04. The van der Waals surface area contributed by atoms with Crippen LogP contribution in [0.25, 0.3) is 11.0 Å². The zero-order valence-electron chi connectivity index (χ0n) is 13.8. The van der Waals surface area contributed by atoms with Gasteiger partial charge in [-0.15, -0.1) is 0 Å². The molecule has 2 heterocycles. The predicted molar refractivity (Wildman–Crippen MR) is 105 cm³/mol. The number of aromatic amines is 1. The van der Waals surface area contributed by atoms with Gasteiger partial charge in [-0.2, -0.15) is 0 Å². The van der Waals surface area contributed by atoms with Gasteiger partial charge in [0.2, 0.25) is 0 Å². The molecule has 1 amide bonds. The molecular weight excluding hydrogens is 418 g/mol. The number of para-hydroxylation sites is 2. The lowest BCUT2D eigenvalue weighted by molar-refractivity contribution is 0.0918. The fraction of sp³-hybridized carbons (Fsp3) is 0.235. The van der Waals surface area contributed by atoms with Gasteiger partial charge >= 0.3 is 0 Å². The van der Waals surface area contributed by atoms with E-state index >= 15 is 0 Å². The molecule has 1 aromatic carbocycles. The zero-order chi connectivity index (χ0) is 19.0. The highest BCUT2D eigenvalue weighted by Crippen LogP contribution is 2.36. The molecule has 0 spiro atoms. The highest BCUT2D eigenvalue weighted by Gasteiger charge is 2.26. The molecule has 0 aliphatic carbocycles. The van der Waals surface area contributed by atoms with Crippen molar-refractivity contribution in [2.75, 3.05) is 0 Å². The molecule has 0 radical (unpaired) electrons. The second-order valence-electron chi connectivity index (χ2n) is 6.03. The summed E-state index contributed by atoms with van der Waals surface area (Å²) in [5.74, 6) is 0.169. The quantitative estimate of drug-likeness (QED) is 0.520. The monoisotopic (exact) mass is 430 g/mol. The Hall–Kier alpha value is -1.53. The van der Waals surface area contributed by atoms with E-state index in [1.165, 1.54) is 0 Å². The van der Waals surface area contributed by atoms with Gasteiger partial charge < -0.3 is 10.3 Å². The number of carbonyl (C=O) groups is 1. The number of hydrogen-bond acceptors (Lipinski definition) is 3. The summed E-state index contributed by atoms with van der Waals surface area (Å²) in [6.45, 7) is 3.93. The zero-order valence-corrected chi connectivity index (χ0v) is 16.8. The SMILES string of the molecule is CC(C)C(NC(=O)c1nc(Cl)c(Cl)c(Cl)c1Cl)c1nc2ccccc2[nH]1. The van der Waals surface area contributed by atoms with Crippen LogP contribution in [0.5, 0.6) is 0 Å². The maximum Gasteiger partial charge on any atom is 0.272 e. The van der Waals surface area contributed by atoms with Crippen molar-refractivity contribution in [2.45, 2.75) is 19.9 Å². The Morgan fingerprint density at radius 1 is 1.04 bits per heavy atom. The number of carbonyl (C=O) groups excluding carboxylic acids is 1. The molecule has 136 valence electrons. The van der Waals surface area contributed by atoms with Crippen LogP contribution >= 0.6 is 46.4 Å². The van der Waals surface area contributed by atoms with Crippen LogP contribution in [-0.2, 0) is 0 Å². The van der Waals surface area contributed by atoms with E-state index in [0.717, 1.165) is 11.0 Å². The number of amides is 1. The van der Waals surface area contributed by atoms with Crippen LogP contribution in [0.4, 0.5) is 0 Å². The maximum atomic E-state index is 12.7. The van der Waals surface area contributed by atoms with Crippen LogP contribution in [0.1, 0.15) is 36.2 Å². The normalized spacial score (nSPS) is 12.6. The number of rotatable bonds is 4. The minimum Gasteiger partial charge on any atom is -0.340 e. The Labute approximate surface area is 170 Å². The molecule has 2 aromatic heterocycles. The van der Waals surface area contributed by atoms with Gasteiger partial charge in [0.1, 0.15) is 16.7 Å². The first-order valence-corrected chi connectivity index (χ1v) is 9.26. The lowest BCUT2D eigenvalue weighted by atomic mass is 10.0. The molecule has 2 N–H and O–H groups in total. The first kappa shape index (κ1) is 19.2. The van der Waals surface area contributed by atoms with Crippen molar-refractivity contribution >= 4 is 63.3 Å². The van der Waals surface area contributed by atoms with Crippen molar-refractivity contribution in [3.05, 3.63) is 56.0 Å². The topological polar surface area (TPSA) is 70.7 Å². The third-order valence-electron chi connectivity index (χ3n) is 3.86. The number of nitrogens with one attached hydrogen (secondary N) is 2. The third kappa shape index (κ3) is 3.62. The fourth-order valence-electron chi connectivity index (χ4n) is 2.52. The van der Waals surface area contributed by atoms with Crippen LogP contribution in [0.3, 0.4) is 0 Å². The number of nitrogens with zero attached hydrogens (tertiary/aromatic N) is 2. The minimum atomic E-state index is -0.519. The second-order valence-corrected chi connectivity index (χ2v) is 7.52. The summed E-state index contributed by atoms with van der Waals surface area (Å²) < 4.78 is 0. The van der Waals surface area contributed by atoms with E-state index in [1.54, 1.807) is 0 Å². The average molecular weight is 432 g/mol. The van der Waals surface area contributed by atoms with Crippen LogP contribution in [0.2, 0.25) is 20.2 Å². The van der Waals surface area contributed by atoms with E-state index < -0.39 is 5.91 Å². The van der Waals surface area contributed by atoms with E-state index in [1.807, 2.05) is 38.1 Å².